The second-order valence-electron chi connectivity index (χ2n) is 5.69. The molecule has 0 heterocycles. The van der Waals surface area contributed by atoms with E-state index in [0.29, 0.717) is 5.92 Å². The van der Waals surface area contributed by atoms with Crippen molar-refractivity contribution in [1.29, 1.82) is 0 Å². The molecule has 1 atom stereocenters. The molecule has 1 aliphatic rings. The minimum atomic E-state index is -0.811. The molecule has 1 fully saturated rings. The SMILES string of the molecule is CNC(c1ccc(C2CCC2)cc1)c1ccc(F)c(F)c1. The van der Waals surface area contributed by atoms with Gasteiger partial charge in [-0.25, -0.2) is 8.78 Å². The third-order valence-corrected chi connectivity index (χ3v) is 4.41. The Labute approximate surface area is 124 Å². The van der Waals surface area contributed by atoms with Gasteiger partial charge in [-0.2, -0.15) is 0 Å². The molecule has 3 heteroatoms. The van der Waals surface area contributed by atoms with Crippen molar-refractivity contribution in [2.24, 2.45) is 0 Å². The van der Waals surface area contributed by atoms with Gasteiger partial charge in [-0.05, 0) is 54.6 Å². The van der Waals surface area contributed by atoms with E-state index in [-0.39, 0.29) is 6.04 Å². The molecule has 1 nitrogen and oxygen atoms in total. The average molecular weight is 287 g/mol. The second-order valence-corrected chi connectivity index (χ2v) is 5.69. The predicted octanol–water partition coefficient (Wildman–Crippen LogP) is 4.54. The average Bonchev–Trinajstić information content (AvgIpc) is 2.43. The van der Waals surface area contributed by atoms with Crippen LogP contribution < -0.4 is 5.32 Å². The molecule has 0 amide bonds. The van der Waals surface area contributed by atoms with E-state index in [1.165, 1.54) is 37.0 Å². The first-order chi connectivity index (χ1) is 10.2. The Bertz CT molecular complexity index is 618. The van der Waals surface area contributed by atoms with Crippen LogP contribution in [0.2, 0.25) is 0 Å². The summed E-state index contributed by atoms with van der Waals surface area (Å²) in [5, 5.41) is 3.17. The fourth-order valence-corrected chi connectivity index (χ4v) is 2.92. The van der Waals surface area contributed by atoms with Gasteiger partial charge in [-0.15, -0.1) is 0 Å². The van der Waals surface area contributed by atoms with Crippen LogP contribution >= 0.6 is 0 Å². The van der Waals surface area contributed by atoms with Crippen LogP contribution in [0.4, 0.5) is 8.78 Å². The second kappa shape index (κ2) is 5.94. The number of nitrogens with one attached hydrogen (secondary N) is 1. The zero-order valence-corrected chi connectivity index (χ0v) is 12.1. The van der Waals surface area contributed by atoms with Gasteiger partial charge in [-0.3, -0.25) is 0 Å². The molecule has 0 aromatic heterocycles. The minimum absolute atomic E-state index is 0.129. The van der Waals surface area contributed by atoms with E-state index < -0.39 is 11.6 Å². The zero-order chi connectivity index (χ0) is 14.8. The van der Waals surface area contributed by atoms with Gasteiger partial charge < -0.3 is 5.32 Å². The van der Waals surface area contributed by atoms with Crippen molar-refractivity contribution in [3.05, 3.63) is 70.8 Å². The molecule has 0 spiro atoms. The Morgan fingerprint density at radius 1 is 0.952 bits per heavy atom. The van der Waals surface area contributed by atoms with Gasteiger partial charge >= 0.3 is 0 Å². The Morgan fingerprint density at radius 3 is 2.14 bits per heavy atom. The van der Waals surface area contributed by atoms with Crippen LogP contribution in [0.1, 0.15) is 47.9 Å². The van der Waals surface area contributed by atoms with Gasteiger partial charge in [-0.1, -0.05) is 36.8 Å². The first-order valence-corrected chi connectivity index (χ1v) is 7.41. The van der Waals surface area contributed by atoms with E-state index in [1.807, 2.05) is 7.05 Å². The van der Waals surface area contributed by atoms with Crippen LogP contribution in [0.15, 0.2) is 42.5 Å². The summed E-state index contributed by atoms with van der Waals surface area (Å²) < 4.78 is 26.5. The molecule has 0 radical (unpaired) electrons. The normalized spacial score (nSPS) is 16.5. The summed E-state index contributed by atoms with van der Waals surface area (Å²) in [7, 11) is 1.83. The lowest BCUT2D eigenvalue weighted by Gasteiger charge is -2.26. The van der Waals surface area contributed by atoms with Gasteiger partial charge in [0.1, 0.15) is 0 Å². The monoisotopic (exact) mass is 287 g/mol. The van der Waals surface area contributed by atoms with Crippen molar-refractivity contribution in [3.63, 3.8) is 0 Å². The number of halogens is 2. The molecule has 0 bridgehead atoms. The minimum Gasteiger partial charge on any atom is -0.309 e. The van der Waals surface area contributed by atoms with E-state index in [4.69, 9.17) is 0 Å². The van der Waals surface area contributed by atoms with Crippen molar-refractivity contribution in [2.45, 2.75) is 31.2 Å². The number of benzene rings is 2. The molecule has 2 aromatic rings. The number of rotatable bonds is 4. The highest BCUT2D eigenvalue weighted by Crippen LogP contribution is 2.36. The molecule has 1 N–H and O–H groups in total. The van der Waals surface area contributed by atoms with Crippen LogP contribution in [-0.4, -0.2) is 7.05 Å². The molecular formula is C18H19F2N. The summed E-state index contributed by atoms with van der Waals surface area (Å²) in [5.74, 6) is -0.914. The number of hydrogen-bond donors (Lipinski definition) is 1. The highest BCUT2D eigenvalue weighted by Gasteiger charge is 2.20. The van der Waals surface area contributed by atoms with Crippen LogP contribution in [-0.2, 0) is 0 Å². The smallest absolute Gasteiger partial charge is 0.159 e. The van der Waals surface area contributed by atoms with E-state index >= 15 is 0 Å². The molecule has 21 heavy (non-hydrogen) atoms. The predicted molar refractivity (Wildman–Crippen MR) is 80.3 cm³/mol. The highest BCUT2D eigenvalue weighted by molar-refractivity contribution is 5.35. The summed E-state index contributed by atoms with van der Waals surface area (Å²) in [5.41, 5.74) is 3.17. The maximum absolute atomic E-state index is 13.4. The molecular weight excluding hydrogens is 268 g/mol. The summed E-state index contributed by atoms with van der Waals surface area (Å²) in [6.07, 6.45) is 3.87. The lowest BCUT2D eigenvalue weighted by molar-refractivity contribution is 0.419. The van der Waals surface area contributed by atoms with Crippen LogP contribution in [0.5, 0.6) is 0 Å². The fraction of sp³-hybridized carbons (Fsp3) is 0.333. The van der Waals surface area contributed by atoms with Gasteiger partial charge in [0.2, 0.25) is 0 Å². The van der Waals surface area contributed by atoms with Gasteiger partial charge in [0.15, 0.2) is 11.6 Å². The lowest BCUT2D eigenvalue weighted by Crippen LogP contribution is -2.18. The molecule has 110 valence electrons. The highest BCUT2D eigenvalue weighted by atomic mass is 19.2. The zero-order valence-electron chi connectivity index (χ0n) is 12.1. The van der Waals surface area contributed by atoms with Crippen molar-refractivity contribution in [2.75, 3.05) is 7.05 Å². The van der Waals surface area contributed by atoms with Crippen molar-refractivity contribution < 1.29 is 8.78 Å². The fourth-order valence-electron chi connectivity index (χ4n) is 2.92. The molecule has 1 unspecified atom stereocenters. The van der Waals surface area contributed by atoms with Gasteiger partial charge in [0, 0.05) is 0 Å². The topological polar surface area (TPSA) is 12.0 Å². The Morgan fingerprint density at radius 2 is 1.62 bits per heavy atom. The molecule has 1 saturated carbocycles. The maximum atomic E-state index is 13.4. The molecule has 1 aliphatic carbocycles. The first kappa shape index (κ1) is 14.2. The van der Waals surface area contributed by atoms with Crippen molar-refractivity contribution in [1.82, 2.24) is 5.32 Å². The standard InChI is InChI=1S/C18H19F2N/c1-21-18(15-9-10-16(19)17(20)11-15)14-7-5-13(6-8-14)12-3-2-4-12/h5-12,18,21H,2-4H2,1H3. The Kier molecular flexibility index (Phi) is 4.02. The molecule has 2 aromatic carbocycles. The van der Waals surface area contributed by atoms with Crippen LogP contribution in [0, 0.1) is 11.6 Å². The first-order valence-electron chi connectivity index (χ1n) is 7.41. The van der Waals surface area contributed by atoms with Gasteiger partial charge in [0.25, 0.3) is 0 Å². The maximum Gasteiger partial charge on any atom is 0.159 e. The Balaban J connectivity index is 1.86. The van der Waals surface area contributed by atoms with E-state index in [9.17, 15) is 8.78 Å². The van der Waals surface area contributed by atoms with E-state index in [2.05, 4.69) is 29.6 Å². The molecule has 0 saturated heterocycles. The third-order valence-electron chi connectivity index (χ3n) is 4.41. The summed E-state index contributed by atoms with van der Waals surface area (Å²) in [6.45, 7) is 0. The third kappa shape index (κ3) is 2.84. The largest absolute Gasteiger partial charge is 0.309 e. The summed E-state index contributed by atoms with van der Waals surface area (Å²) >= 11 is 0. The lowest BCUT2D eigenvalue weighted by atomic mass is 9.79. The molecule has 0 aliphatic heterocycles. The number of hydrogen-bond acceptors (Lipinski definition) is 1. The Hall–Kier alpha value is -1.74. The molecule has 3 rings (SSSR count). The van der Waals surface area contributed by atoms with E-state index in [0.717, 1.165) is 11.1 Å². The van der Waals surface area contributed by atoms with Gasteiger partial charge in [0.05, 0.1) is 6.04 Å². The summed E-state index contributed by atoms with van der Waals surface area (Å²) in [6, 6.07) is 12.4. The quantitative estimate of drug-likeness (QED) is 0.870. The summed E-state index contributed by atoms with van der Waals surface area (Å²) in [4.78, 5) is 0. The van der Waals surface area contributed by atoms with E-state index in [1.54, 1.807) is 6.07 Å². The van der Waals surface area contributed by atoms with Crippen molar-refractivity contribution >= 4 is 0 Å². The van der Waals surface area contributed by atoms with Crippen molar-refractivity contribution in [3.8, 4) is 0 Å². The van der Waals surface area contributed by atoms with Crippen LogP contribution in [0.3, 0.4) is 0 Å². The van der Waals surface area contributed by atoms with Crippen LogP contribution in [0.25, 0.3) is 0 Å².